The van der Waals surface area contributed by atoms with Crippen LogP contribution in [0.15, 0.2) is 36.4 Å². The van der Waals surface area contributed by atoms with Gasteiger partial charge in [0.05, 0.1) is 0 Å². The third-order valence-corrected chi connectivity index (χ3v) is 4.48. The lowest BCUT2D eigenvalue weighted by molar-refractivity contribution is -0.118. The van der Waals surface area contributed by atoms with Crippen LogP contribution in [0.25, 0.3) is 0 Å². The number of carbonyl (C=O) groups excluding carboxylic acids is 1. The standard InChI is InChI=1S/C17H20OS/c1-3-16-10-11-17(19-16)12-15(18)9-8-14-6-4-13(2)5-7-14/h4-7,10-11H,3,8-9,12H2,1-2H3. The van der Waals surface area contributed by atoms with Gasteiger partial charge in [0.15, 0.2) is 0 Å². The summed E-state index contributed by atoms with van der Waals surface area (Å²) in [4.78, 5) is 14.5. The first-order valence-corrected chi connectivity index (χ1v) is 7.64. The number of Topliss-reactive ketones (excluding diaryl/α,β-unsaturated/α-hetero) is 1. The van der Waals surface area contributed by atoms with Gasteiger partial charge in [-0.05, 0) is 37.5 Å². The number of benzene rings is 1. The van der Waals surface area contributed by atoms with Gasteiger partial charge in [-0.1, -0.05) is 36.8 Å². The lowest BCUT2D eigenvalue weighted by Crippen LogP contribution is -2.03. The Labute approximate surface area is 119 Å². The van der Waals surface area contributed by atoms with E-state index in [0.29, 0.717) is 18.6 Å². The lowest BCUT2D eigenvalue weighted by atomic mass is 10.0. The summed E-state index contributed by atoms with van der Waals surface area (Å²) in [6, 6.07) is 12.7. The Morgan fingerprint density at radius 2 is 1.74 bits per heavy atom. The van der Waals surface area contributed by atoms with E-state index in [1.807, 2.05) is 0 Å². The Hall–Kier alpha value is -1.41. The van der Waals surface area contributed by atoms with Crippen molar-refractivity contribution in [2.75, 3.05) is 0 Å². The first-order chi connectivity index (χ1) is 9.17. The first kappa shape index (κ1) is 14.0. The maximum absolute atomic E-state index is 12.0. The van der Waals surface area contributed by atoms with Crippen LogP contribution in [0.5, 0.6) is 0 Å². The molecule has 2 aromatic rings. The van der Waals surface area contributed by atoms with Gasteiger partial charge in [0, 0.05) is 22.6 Å². The predicted molar refractivity (Wildman–Crippen MR) is 81.9 cm³/mol. The number of carbonyl (C=O) groups is 1. The molecule has 0 atom stereocenters. The minimum atomic E-state index is 0.338. The molecule has 1 heterocycles. The number of hydrogen-bond donors (Lipinski definition) is 0. The molecule has 2 rings (SSSR count). The summed E-state index contributed by atoms with van der Waals surface area (Å²) >= 11 is 1.76. The molecule has 0 aliphatic heterocycles. The molecule has 0 N–H and O–H groups in total. The van der Waals surface area contributed by atoms with Crippen LogP contribution < -0.4 is 0 Å². The van der Waals surface area contributed by atoms with Gasteiger partial charge < -0.3 is 0 Å². The van der Waals surface area contributed by atoms with Crippen LogP contribution in [0, 0.1) is 6.92 Å². The minimum absolute atomic E-state index is 0.338. The molecule has 100 valence electrons. The topological polar surface area (TPSA) is 17.1 Å². The van der Waals surface area contributed by atoms with Crippen molar-refractivity contribution in [1.29, 1.82) is 0 Å². The minimum Gasteiger partial charge on any atom is -0.299 e. The van der Waals surface area contributed by atoms with E-state index in [1.165, 1.54) is 20.9 Å². The highest BCUT2D eigenvalue weighted by Gasteiger charge is 2.06. The van der Waals surface area contributed by atoms with Crippen molar-refractivity contribution in [3.05, 3.63) is 57.3 Å². The molecule has 0 unspecified atom stereocenters. The van der Waals surface area contributed by atoms with Gasteiger partial charge in [-0.15, -0.1) is 11.3 Å². The fourth-order valence-electron chi connectivity index (χ4n) is 2.03. The summed E-state index contributed by atoms with van der Waals surface area (Å²) in [6.07, 6.45) is 3.15. The number of rotatable bonds is 6. The van der Waals surface area contributed by atoms with Crippen molar-refractivity contribution in [2.24, 2.45) is 0 Å². The average molecular weight is 272 g/mol. The maximum atomic E-state index is 12.0. The molecule has 0 aliphatic rings. The second-order valence-corrected chi connectivity index (χ2v) is 6.18. The molecule has 1 aromatic heterocycles. The third-order valence-electron chi connectivity index (χ3n) is 3.25. The molecule has 2 heteroatoms. The molecular formula is C17H20OS. The van der Waals surface area contributed by atoms with Gasteiger partial charge in [0.1, 0.15) is 5.78 Å². The van der Waals surface area contributed by atoms with Crippen LogP contribution in [0.1, 0.15) is 34.2 Å². The fourth-order valence-corrected chi connectivity index (χ4v) is 3.01. The van der Waals surface area contributed by atoms with Crippen molar-refractivity contribution < 1.29 is 4.79 Å². The third kappa shape index (κ3) is 4.32. The Morgan fingerprint density at radius 1 is 1.05 bits per heavy atom. The summed E-state index contributed by atoms with van der Waals surface area (Å²) < 4.78 is 0. The normalized spacial score (nSPS) is 10.6. The first-order valence-electron chi connectivity index (χ1n) is 6.82. The molecule has 0 amide bonds. The van der Waals surface area contributed by atoms with Gasteiger partial charge in [-0.2, -0.15) is 0 Å². The zero-order chi connectivity index (χ0) is 13.7. The fraction of sp³-hybridized carbons (Fsp3) is 0.353. The highest BCUT2D eigenvalue weighted by atomic mass is 32.1. The van der Waals surface area contributed by atoms with Crippen molar-refractivity contribution in [2.45, 2.75) is 39.5 Å². The molecule has 0 saturated heterocycles. The second-order valence-electron chi connectivity index (χ2n) is 4.92. The van der Waals surface area contributed by atoms with Crippen molar-refractivity contribution in [3.8, 4) is 0 Å². The number of aryl methyl sites for hydroxylation is 3. The van der Waals surface area contributed by atoms with Crippen LogP contribution in [0.3, 0.4) is 0 Å². The van der Waals surface area contributed by atoms with E-state index >= 15 is 0 Å². The molecular weight excluding hydrogens is 252 g/mol. The summed E-state index contributed by atoms with van der Waals surface area (Å²) in [5.41, 5.74) is 2.51. The molecule has 0 aliphatic carbocycles. The van der Waals surface area contributed by atoms with Crippen LogP contribution in [-0.2, 0) is 24.1 Å². The molecule has 19 heavy (non-hydrogen) atoms. The molecule has 1 aromatic carbocycles. The number of ketones is 1. The van der Waals surface area contributed by atoms with E-state index < -0.39 is 0 Å². The van der Waals surface area contributed by atoms with Gasteiger partial charge in [0.2, 0.25) is 0 Å². The highest BCUT2D eigenvalue weighted by Crippen LogP contribution is 2.18. The molecule has 0 fully saturated rings. The van der Waals surface area contributed by atoms with Crippen LogP contribution >= 0.6 is 11.3 Å². The summed E-state index contributed by atoms with van der Waals surface area (Å²) in [6.45, 7) is 4.23. The molecule has 1 nitrogen and oxygen atoms in total. The molecule has 0 bridgehead atoms. The molecule has 0 spiro atoms. The van der Waals surface area contributed by atoms with Gasteiger partial charge >= 0.3 is 0 Å². The zero-order valence-electron chi connectivity index (χ0n) is 11.6. The SMILES string of the molecule is CCc1ccc(CC(=O)CCc2ccc(C)cc2)s1. The van der Waals surface area contributed by atoms with E-state index in [0.717, 1.165) is 12.8 Å². The van der Waals surface area contributed by atoms with Crippen LogP contribution in [0.2, 0.25) is 0 Å². The average Bonchev–Trinajstić information content (AvgIpc) is 2.86. The summed E-state index contributed by atoms with van der Waals surface area (Å²) in [5.74, 6) is 0.338. The largest absolute Gasteiger partial charge is 0.299 e. The number of hydrogen-bond acceptors (Lipinski definition) is 2. The Balaban J connectivity index is 1.82. The molecule has 0 radical (unpaired) electrons. The van der Waals surface area contributed by atoms with E-state index in [2.05, 4.69) is 50.2 Å². The van der Waals surface area contributed by atoms with Crippen molar-refractivity contribution in [3.63, 3.8) is 0 Å². The monoisotopic (exact) mass is 272 g/mol. The predicted octanol–water partition coefficient (Wildman–Crippen LogP) is 4.36. The van der Waals surface area contributed by atoms with E-state index in [1.54, 1.807) is 11.3 Å². The summed E-state index contributed by atoms with van der Waals surface area (Å²) in [5, 5.41) is 0. The van der Waals surface area contributed by atoms with Crippen molar-refractivity contribution in [1.82, 2.24) is 0 Å². The van der Waals surface area contributed by atoms with Gasteiger partial charge in [-0.25, -0.2) is 0 Å². The highest BCUT2D eigenvalue weighted by molar-refractivity contribution is 7.12. The maximum Gasteiger partial charge on any atom is 0.138 e. The Bertz CT molecular complexity index is 537. The quantitative estimate of drug-likeness (QED) is 0.763. The summed E-state index contributed by atoms with van der Waals surface area (Å²) in [7, 11) is 0. The second kappa shape index (κ2) is 6.67. The molecule has 0 saturated carbocycles. The van der Waals surface area contributed by atoms with Gasteiger partial charge in [0.25, 0.3) is 0 Å². The smallest absolute Gasteiger partial charge is 0.138 e. The number of thiophene rings is 1. The zero-order valence-corrected chi connectivity index (χ0v) is 12.4. The van der Waals surface area contributed by atoms with Crippen LogP contribution in [-0.4, -0.2) is 5.78 Å². The lowest BCUT2D eigenvalue weighted by Gasteiger charge is -2.01. The van der Waals surface area contributed by atoms with E-state index in [9.17, 15) is 4.79 Å². The van der Waals surface area contributed by atoms with Gasteiger partial charge in [-0.3, -0.25) is 4.79 Å². The Morgan fingerprint density at radius 3 is 2.37 bits per heavy atom. The van der Waals surface area contributed by atoms with Crippen molar-refractivity contribution >= 4 is 17.1 Å². The van der Waals surface area contributed by atoms with E-state index in [-0.39, 0.29) is 0 Å². The van der Waals surface area contributed by atoms with E-state index in [4.69, 9.17) is 0 Å². The van der Waals surface area contributed by atoms with Crippen LogP contribution in [0.4, 0.5) is 0 Å². The Kier molecular flexibility index (Phi) is 4.92.